The molecule has 2 atom stereocenters. The molecular weight excluding hydrogens is 466 g/mol. The molecule has 0 saturated carbocycles. The SMILES string of the molecule is CC[C@H](c1cc(F)c(OC(C)=O)c(OC(C)=O)c1)[C@@H](C)c1cc(F)c(OC(C)=O)c(OC(C)=O)c1. The highest BCUT2D eigenvalue weighted by Crippen LogP contribution is 2.43. The van der Waals surface area contributed by atoms with Crippen LogP contribution in [0.2, 0.25) is 0 Å². The van der Waals surface area contributed by atoms with E-state index in [1.165, 1.54) is 12.1 Å². The predicted molar refractivity (Wildman–Crippen MR) is 119 cm³/mol. The number of hydrogen-bond donors (Lipinski definition) is 0. The Hall–Kier alpha value is -3.82. The van der Waals surface area contributed by atoms with Crippen LogP contribution < -0.4 is 18.9 Å². The summed E-state index contributed by atoms with van der Waals surface area (Å²) in [6, 6.07) is 5.03. The summed E-state index contributed by atoms with van der Waals surface area (Å²) in [5, 5.41) is 0. The second-order valence-corrected chi connectivity index (χ2v) is 7.84. The highest BCUT2D eigenvalue weighted by atomic mass is 19.1. The number of ether oxygens (including phenoxy) is 4. The van der Waals surface area contributed by atoms with Crippen molar-refractivity contribution in [2.24, 2.45) is 0 Å². The molecule has 2 aromatic rings. The first-order chi connectivity index (χ1) is 16.3. The summed E-state index contributed by atoms with van der Waals surface area (Å²) in [6.45, 7) is 7.96. The van der Waals surface area contributed by atoms with Gasteiger partial charge in [0.2, 0.25) is 11.5 Å². The highest BCUT2D eigenvalue weighted by molar-refractivity contribution is 5.75. The van der Waals surface area contributed by atoms with Crippen LogP contribution in [0.15, 0.2) is 24.3 Å². The van der Waals surface area contributed by atoms with E-state index in [4.69, 9.17) is 18.9 Å². The second-order valence-electron chi connectivity index (χ2n) is 7.84. The summed E-state index contributed by atoms with van der Waals surface area (Å²) in [7, 11) is 0. The van der Waals surface area contributed by atoms with E-state index in [1.807, 2.05) is 6.92 Å². The molecule has 0 aliphatic heterocycles. The molecule has 0 radical (unpaired) electrons. The Kier molecular flexibility index (Phi) is 9.05. The van der Waals surface area contributed by atoms with Gasteiger partial charge in [0.1, 0.15) is 0 Å². The molecule has 0 aliphatic rings. The van der Waals surface area contributed by atoms with Gasteiger partial charge < -0.3 is 18.9 Å². The van der Waals surface area contributed by atoms with E-state index in [2.05, 4.69) is 0 Å². The summed E-state index contributed by atoms with van der Waals surface area (Å²) in [5.41, 5.74) is 0.767. The quantitative estimate of drug-likeness (QED) is 0.376. The van der Waals surface area contributed by atoms with Crippen LogP contribution in [0.5, 0.6) is 23.0 Å². The third-order valence-electron chi connectivity index (χ3n) is 5.06. The summed E-state index contributed by atoms with van der Waals surface area (Å²) >= 11 is 0. The Morgan fingerprint density at radius 3 is 1.43 bits per heavy atom. The Morgan fingerprint density at radius 1 is 0.686 bits per heavy atom. The first-order valence-corrected chi connectivity index (χ1v) is 10.7. The van der Waals surface area contributed by atoms with Crippen molar-refractivity contribution in [2.45, 2.75) is 59.8 Å². The zero-order chi connectivity index (χ0) is 26.4. The minimum absolute atomic E-state index is 0.273. The maximum absolute atomic E-state index is 14.9. The van der Waals surface area contributed by atoms with E-state index in [0.717, 1.165) is 39.8 Å². The van der Waals surface area contributed by atoms with Crippen LogP contribution in [-0.2, 0) is 19.2 Å². The van der Waals surface area contributed by atoms with Crippen LogP contribution in [-0.4, -0.2) is 23.9 Å². The number of rotatable bonds is 8. The fraction of sp³-hybridized carbons (Fsp3) is 0.360. The van der Waals surface area contributed by atoms with Crippen molar-refractivity contribution in [1.82, 2.24) is 0 Å². The number of hydrogen-bond acceptors (Lipinski definition) is 8. The van der Waals surface area contributed by atoms with Crippen LogP contribution in [0, 0.1) is 11.6 Å². The standard InChI is InChI=1S/C25H26F2O8/c1-7-19(18-9-21(27)25(35-16(6)31)23(11-18)33-14(4)29)12(2)17-8-20(26)24(34-15(5)30)22(10-17)32-13(3)28/h8-12,19H,7H2,1-6H3/t12-,19-/m0/s1. The zero-order valence-corrected chi connectivity index (χ0v) is 20.2. The number of esters is 4. The van der Waals surface area contributed by atoms with Crippen molar-refractivity contribution in [1.29, 1.82) is 0 Å². The van der Waals surface area contributed by atoms with Crippen LogP contribution in [0.4, 0.5) is 8.78 Å². The Balaban J connectivity index is 2.58. The lowest BCUT2D eigenvalue weighted by Gasteiger charge is -2.25. The molecule has 0 fully saturated rings. The molecule has 2 aromatic carbocycles. The van der Waals surface area contributed by atoms with Gasteiger partial charge in [-0.1, -0.05) is 13.8 Å². The van der Waals surface area contributed by atoms with E-state index < -0.39 is 58.8 Å². The van der Waals surface area contributed by atoms with E-state index in [-0.39, 0.29) is 11.5 Å². The van der Waals surface area contributed by atoms with Gasteiger partial charge in [-0.2, -0.15) is 0 Å². The number of carbonyl (C=O) groups excluding carboxylic acids is 4. The first kappa shape index (κ1) is 27.4. The topological polar surface area (TPSA) is 105 Å². The molecular formula is C25H26F2O8. The van der Waals surface area contributed by atoms with Gasteiger partial charge in [0, 0.05) is 27.7 Å². The van der Waals surface area contributed by atoms with Crippen molar-refractivity contribution in [3.63, 3.8) is 0 Å². The first-order valence-electron chi connectivity index (χ1n) is 10.7. The molecule has 0 bridgehead atoms. The zero-order valence-electron chi connectivity index (χ0n) is 20.2. The van der Waals surface area contributed by atoms with E-state index in [9.17, 15) is 28.0 Å². The molecule has 8 nitrogen and oxygen atoms in total. The lowest BCUT2D eigenvalue weighted by molar-refractivity contribution is -0.134. The average Bonchev–Trinajstić information content (AvgIpc) is 2.72. The van der Waals surface area contributed by atoms with E-state index in [1.54, 1.807) is 6.92 Å². The van der Waals surface area contributed by atoms with Gasteiger partial charge in [0.05, 0.1) is 0 Å². The largest absolute Gasteiger partial charge is 0.423 e. The second kappa shape index (κ2) is 11.5. The molecule has 0 spiro atoms. The molecule has 0 saturated heterocycles. The molecule has 2 rings (SSSR count). The summed E-state index contributed by atoms with van der Waals surface area (Å²) in [5.74, 6) is -7.44. The Morgan fingerprint density at radius 2 is 1.06 bits per heavy atom. The summed E-state index contributed by atoms with van der Waals surface area (Å²) in [6.07, 6.45) is 0.448. The van der Waals surface area contributed by atoms with Gasteiger partial charge in [0.15, 0.2) is 23.1 Å². The van der Waals surface area contributed by atoms with E-state index in [0.29, 0.717) is 17.5 Å². The normalized spacial score (nSPS) is 12.3. The number of halogens is 2. The van der Waals surface area contributed by atoms with Crippen LogP contribution in [0.3, 0.4) is 0 Å². The van der Waals surface area contributed by atoms with Gasteiger partial charge in [-0.3, -0.25) is 19.2 Å². The summed E-state index contributed by atoms with van der Waals surface area (Å²) < 4.78 is 49.6. The Bertz CT molecular complexity index is 1160. The van der Waals surface area contributed by atoms with E-state index >= 15 is 0 Å². The van der Waals surface area contributed by atoms with Crippen molar-refractivity contribution < 1.29 is 46.9 Å². The molecule has 188 valence electrons. The van der Waals surface area contributed by atoms with Gasteiger partial charge in [-0.25, -0.2) is 8.78 Å². The monoisotopic (exact) mass is 492 g/mol. The number of carbonyl (C=O) groups is 4. The predicted octanol–water partition coefficient (Wildman–Crippen LogP) is 4.96. The van der Waals surface area contributed by atoms with Crippen LogP contribution in [0.25, 0.3) is 0 Å². The van der Waals surface area contributed by atoms with Crippen LogP contribution in [0.1, 0.15) is 70.9 Å². The van der Waals surface area contributed by atoms with Crippen molar-refractivity contribution >= 4 is 23.9 Å². The average molecular weight is 492 g/mol. The molecule has 0 amide bonds. The third-order valence-corrected chi connectivity index (χ3v) is 5.06. The van der Waals surface area contributed by atoms with Gasteiger partial charge in [-0.05, 0) is 53.6 Å². The minimum atomic E-state index is -0.923. The molecule has 0 heterocycles. The minimum Gasteiger partial charge on any atom is -0.423 e. The van der Waals surface area contributed by atoms with Gasteiger partial charge >= 0.3 is 23.9 Å². The molecule has 10 heteroatoms. The number of benzene rings is 2. The van der Waals surface area contributed by atoms with Crippen LogP contribution >= 0.6 is 0 Å². The lowest BCUT2D eigenvalue weighted by Crippen LogP contribution is -2.13. The molecule has 0 aromatic heterocycles. The fourth-order valence-corrected chi connectivity index (χ4v) is 3.71. The maximum Gasteiger partial charge on any atom is 0.308 e. The maximum atomic E-state index is 14.9. The smallest absolute Gasteiger partial charge is 0.308 e. The fourth-order valence-electron chi connectivity index (χ4n) is 3.71. The van der Waals surface area contributed by atoms with Crippen molar-refractivity contribution in [3.05, 3.63) is 47.0 Å². The van der Waals surface area contributed by atoms with Crippen molar-refractivity contribution in [3.8, 4) is 23.0 Å². The molecule has 0 N–H and O–H groups in total. The van der Waals surface area contributed by atoms with Crippen molar-refractivity contribution in [2.75, 3.05) is 0 Å². The third kappa shape index (κ3) is 7.08. The van der Waals surface area contributed by atoms with Gasteiger partial charge in [-0.15, -0.1) is 0 Å². The Labute approximate surface area is 201 Å². The molecule has 0 aliphatic carbocycles. The molecule has 0 unspecified atom stereocenters. The summed E-state index contributed by atoms with van der Waals surface area (Å²) in [4.78, 5) is 45.8. The lowest BCUT2D eigenvalue weighted by atomic mass is 9.80. The molecule has 35 heavy (non-hydrogen) atoms. The van der Waals surface area contributed by atoms with Gasteiger partial charge in [0.25, 0.3) is 0 Å². The highest BCUT2D eigenvalue weighted by Gasteiger charge is 2.27.